The molecular weight excluding hydrogens is 352 g/mol. The normalized spacial score (nSPS) is 11.6. The molecule has 2 aromatic heterocycles. The monoisotopic (exact) mass is 380 g/mol. The number of aromatic nitrogens is 2. The maximum Gasteiger partial charge on any atom is 0.169 e. The summed E-state index contributed by atoms with van der Waals surface area (Å²) >= 11 is 5.73. The van der Waals surface area contributed by atoms with Crippen LogP contribution in [0.25, 0.3) is 10.9 Å². The molecular formula is C22H28N4S. The van der Waals surface area contributed by atoms with E-state index in [4.69, 9.17) is 12.2 Å². The third kappa shape index (κ3) is 5.07. The van der Waals surface area contributed by atoms with E-state index in [9.17, 15) is 0 Å². The van der Waals surface area contributed by atoms with E-state index in [1.165, 1.54) is 22.2 Å². The fraction of sp³-hybridized carbons (Fsp3) is 0.364. The van der Waals surface area contributed by atoms with Crippen LogP contribution in [0.4, 0.5) is 0 Å². The van der Waals surface area contributed by atoms with Crippen molar-refractivity contribution in [1.82, 2.24) is 20.2 Å². The molecule has 0 unspecified atom stereocenters. The Morgan fingerprint density at radius 2 is 1.89 bits per heavy atom. The van der Waals surface area contributed by atoms with Crippen LogP contribution < -0.4 is 5.32 Å². The standard InChI is InChI=1S/C22H28N4S/c1-16-18(19-10-5-6-11-20(19)24-16)12-14-26(21(27)25-22(2,3)4)15-17-9-7-8-13-23-17/h5-11,13,24H,12,14-15H2,1-4H3,(H,25,27). The van der Waals surface area contributed by atoms with E-state index in [0.29, 0.717) is 6.54 Å². The summed E-state index contributed by atoms with van der Waals surface area (Å²) in [5, 5.41) is 5.51. The zero-order chi connectivity index (χ0) is 19.4. The van der Waals surface area contributed by atoms with E-state index >= 15 is 0 Å². The van der Waals surface area contributed by atoms with Crippen LogP contribution in [0.5, 0.6) is 0 Å². The molecule has 0 saturated carbocycles. The molecule has 1 aromatic carbocycles. The van der Waals surface area contributed by atoms with Crippen LogP contribution in [0.1, 0.15) is 37.7 Å². The van der Waals surface area contributed by atoms with Crippen molar-refractivity contribution in [1.29, 1.82) is 0 Å². The van der Waals surface area contributed by atoms with Crippen LogP contribution in [0.2, 0.25) is 0 Å². The van der Waals surface area contributed by atoms with E-state index in [2.05, 4.69) is 72.1 Å². The van der Waals surface area contributed by atoms with E-state index in [-0.39, 0.29) is 5.54 Å². The van der Waals surface area contributed by atoms with Gasteiger partial charge in [-0.05, 0) is 70.1 Å². The van der Waals surface area contributed by atoms with Crippen LogP contribution in [-0.2, 0) is 13.0 Å². The van der Waals surface area contributed by atoms with Gasteiger partial charge in [0, 0.05) is 34.9 Å². The second-order valence-electron chi connectivity index (χ2n) is 7.95. The topological polar surface area (TPSA) is 44.0 Å². The molecule has 0 aliphatic carbocycles. The molecule has 142 valence electrons. The molecule has 3 rings (SSSR count). The highest BCUT2D eigenvalue weighted by atomic mass is 32.1. The van der Waals surface area contributed by atoms with Crippen molar-refractivity contribution in [3.05, 3.63) is 65.6 Å². The Hall–Kier alpha value is -2.40. The van der Waals surface area contributed by atoms with Gasteiger partial charge >= 0.3 is 0 Å². The minimum Gasteiger partial charge on any atom is -0.358 e. The third-order valence-corrected chi connectivity index (χ3v) is 4.87. The lowest BCUT2D eigenvalue weighted by atomic mass is 10.1. The Kier molecular flexibility index (Phi) is 5.80. The average molecular weight is 381 g/mol. The van der Waals surface area contributed by atoms with Gasteiger partial charge in [-0.25, -0.2) is 0 Å². The van der Waals surface area contributed by atoms with Crippen molar-refractivity contribution in [3.63, 3.8) is 0 Å². The van der Waals surface area contributed by atoms with Gasteiger partial charge in [-0.2, -0.15) is 0 Å². The van der Waals surface area contributed by atoms with Crippen molar-refractivity contribution in [2.24, 2.45) is 0 Å². The Bertz CT molecular complexity index is 909. The first-order chi connectivity index (χ1) is 12.8. The van der Waals surface area contributed by atoms with E-state index < -0.39 is 0 Å². The Balaban J connectivity index is 1.80. The van der Waals surface area contributed by atoms with Crippen molar-refractivity contribution in [3.8, 4) is 0 Å². The molecule has 0 spiro atoms. The Labute approximate surface area is 167 Å². The number of H-pyrrole nitrogens is 1. The molecule has 2 heterocycles. The summed E-state index contributed by atoms with van der Waals surface area (Å²) in [7, 11) is 0. The number of nitrogens with zero attached hydrogens (tertiary/aromatic N) is 2. The molecule has 0 bridgehead atoms. The number of aryl methyl sites for hydroxylation is 1. The van der Waals surface area contributed by atoms with Gasteiger partial charge in [0.2, 0.25) is 0 Å². The van der Waals surface area contributed by atoms with Gasteiger partial charge in [-0.3, -0.25) is 4.98 Å². The van der Waals surface area contributed by atoms with Crippen LogP contribution in [-0.4, -0.2) is 32.1 Å². The predicted octanol–water partition coefficient (Wildman–Crippen LogP) is 4.59. The number of hydrogen-bond donors (Lipinski definition) is 2. The third-order valence-electron chi connectivity index (χ3n) is 4.51. The second-order valence-corrected chi connectivity index (χ2v) is 8.33. The lowest BCUT2D eigenvalue weighted by Gasteiger charge is -2.31. The molecule has 5 heteroatoms. The number of para-hydroxylation sites is 1. The highest BCUT2D eigenvalue weighted by Crippen LogP contribution is 2.22. The van der Waals surface area contributed by atoms with Crippen molar-refractivity contribution < 1.29 is 0 Å². The molecule has 0 aliphatic heterocycles. The number of hydrogen-bond acceptors (Lipinski definition) is 2. The number of fused-ring (bicyclic) bond motifs is 1. The first-order valence-electron chi connectivity index (χ1n) is 9.37. The van der Waals surface area contributed by atoms with Gasteiger partial charge < -0.3 is 15.2 Å². The molecule has 3 aromatic rings. The van der Waals surface area contributed by atoms with Crippen molar-refractivity contribution in [2.75, 3.05) is 6.54 Å². The van der Waals surface area contributed by atoms with Crippen LogP contribution in [0, 0.1) is 6.92 Å². The molecule has 4 nitrogen and oxygen atoms in total. The SMILES string of the molecule is Cc1[nH]c2ccccc2c1CCN(Cc1ccccn1)C(=S)NC(C)(C)C. The molecule has 0 aliphatic rings. The summed E-state index contributed by atoms with van der Waals surface area (Å²) < 4.78 is 0. The Morgan fingerprint density at radius 3 is 2.59 bits per heavy atom. The van der Waals surface area contributed by atoms with E-state index in [0.717, 1.165) is 23.8 Å². The molecule has 27 heavy (non-hydrogen) atoms. The highest BCUT2D eigenvalue weighted by Gasteiger charge is 2.18. The smallest absolute Gasteiger partial charge is 0.169 e. The number of pyridine rings is 1. The summed E-state index contributed by atoms with van der Waals surface area (Å²) in [5.41, 5.74) is 4.72. The lowest BCUT2D eigenvalue weighted by molar-refractivity contribution is 0.381. The highest BCUT2D eigenvalue weighted by molar-refractivity contribution is 7.80. The number of aromatic amines is 1. The first-order valence-corrected chi connectivity index (χ1v) is 9.77. The summed E-state index contributed by atoms with van der Waals surface area (Å²) in [6, 6.07) is 14.5. The largest absolute Gasteiger partial charge is 0.358 e. The molecule has 0 amide bonds. The van der Waals surface area contributed by atoms with E-state index in [1.807, 2.05) is 24.4 Å². The van der Waals surface area contributed by atoms with Gasteiger partial charge in [0.25, 0.3) is 0 Å². The minimum atomic E-state index is -0.0733. The predicted molar refractivity (Wildman–Crippen MR) is 117 cm³/mol. The lowest BCUT2D eigenvalue weighted by Crippen LogP contribution is -2.48. The van der Waals surface area contributed by atoms with E-state index in [1.54, 1.807) is 0 Å². The Morgan fingerprint density at radius 1 is 1.15 bits per heavy atom. The van der Waals surface area contributed by atoms with Crippen LogP contribution >= 0.6 is 12.2 Å². The number of benzene rings is 1. The van der Waals surface area contributed by atoms with Crippen molar-refractivity contribution >= 4 is 28.2 Å². The summed E-state index contributed by atoms with van der Waals surface area (Å²) in [6.45, 7) is 10.1. The summed E-state index contributed by atoms with van der Waals surface area (Å²) in [5.74, 6) is 0. The zero-order valence-electron chi connectivity index (χ0n) is 16.5. The quantitative estimate of drug-likeness (QED) is 0.636. The van der Waals surface area contributed by atoms with Gasteiger partial charge in [0.05, 0.1) is 12.2 Å². The average Bonchev–Trinajstić information content (AvgIpc) is 2.93. The fourth-order valence-corrected chi connectivity index (χ4v) is 3.71. The molecule has 0 atom stereocenters. The summed E-state index contributed by atoms with van der Waals surface area (Å²) in [6.07, 6.45) is 2.76. The minimum absolute atomic E-state index is 0.0733. The molecule has 2 N–H and O–H groups in total. The second kappa shape index (κ2) is 8.09. The number of rotatable bonds is 5. The van der Waals surface area contributed by atoms with Gasteiger partial charge in [0.1, 0.15) is 0 Å². The number of nitrogens with one attached hydrogen (secondary N) is 2. The fourth-order valence-electron chi connectivity index (χ4n) is 3.24. The van der Waals surface area contributed by atoms with Crippen molar-refractivity contribution in [2.45, 2.75) is 46.2 Å². The maximum absolute atomic E-state index is 5.73. The van der Waals surface area contributed by atoms with Crippen LogP contribution in [0.3, 0.4) is 0 Å². The summed E-state index contributed by atoms with van der Waals surface area (Å²) in [4.78, 5) is 10.2. The molecule has 0 fully saturated rings. The zero-order valence-corrected chi connectivity index (χ0v) is 17.4. The van der Waals surface area contributed by atoms with Gasteiger partial charge in [-0.1, -0.05) is 24.3 Å². The maximum atomic E-state index is 5.73. The van der Waals surface area contributed by atoms with Crippen LogP contribution in [0.15, 0.2) is 48.7 Å². The molecule has 0 saturated heterocycles. The van der Waals surface area contributed by atoms with Gasteiger partial charge in [-0.15, -0.1) is 0 Å². The first kappa shape index (κ1) is 19.4. The van der Waals surface area contributed by atoms with Gasteiger partial charge in [0.15, 0.2) is 5.11 Å². The molecule has 0 radical (unpaired) electrons. The number of thiocarbonyl (C=S) groups is 1.